The number of aryl methyl sites for hydroxylation is 12. The van der Waals surface area contributed by atoms with Crippen molar-refractivity contribution < 1.29 is 18.3 Å². The van der Waals surface area contributed by atoms with Gasteiger partial charge in [0.2, 0.25) is 22.8 Å². The lowest BCUT2D eigenvalue weighted by atomic mass is 9.92. The van der Waals surface area contributed by atoms with E-state index < -0.39 is 32.3 Å². The van der Waals surface area contributed by atoms with Crippen molar-refractivity contribution in [3.8, 4) is 56.2 Å². The summed E-state index contributed by atoms with van der Waals surface area (Å²) < 4.78 is 9.15. The normalized spacial score (nSPS) is 15.6. The Hall–Kier alpha value is -8.51. The van der Waals surface area contributed by atoms with Gasteiger partial charge in [-0.05, 0) is 205 Å². The molecule has 4 nitrogen and oxygen atoms in total. The molecule has 0 unspecified atom stereocenters. The standard InChI is InChI=1S/C32H38NSi.C27H36NSi.C26H34NSi.C25H32NSi/c1-22-10-9-11-23(2)31(22)26-14-16-29(24(3)20-26)32-30-17-15-28(21-25(30)18-19-33(32)4)34(5,6)27-12-7-8-13-27;1-19-16-20(2)21(3)26(17-19)27-25-13-12-24(18-22(25)14-15-28(27)4)29(5,6)23-10-8-7-9-11-23;1-19-11-12-20(2)25(17-19)26-24-14-13-23(18-21(24)15-16-27(26)3)28(4,5)22-9-7-6-8-10-22;1-19-10-8-9-13-23(19)25-24-15-14-22(18-20(24)16-17-26(25)2)27(3,4)21-11-6-5-7-12-21/h9-11,14-21,27H,7-8,12-13H2,1-6H3;12-18,23H,7-11H2,1-6H3;11-18,22H,6-10H2,1-5H3;8-10,13-18,21H,5-7,11-12H2,1-4H3/q4*+1. The summed E-state index contributed by atoms with van der Waals surface area (Å²) in [6.07, 6.45) is 36.2. The predicted octanol–water partition coefficient (Wildman–Crippen LogP) is 26.4. The average Bonchev–Trinajstić information content (AvgIpc) is 0.912. The van der Waals surface area contributed by atoms with Crippen molar-refractivity contribution in [1.29, 1.82) is 0 Å². The Bertz CT molecular complexity index is 5810. The van der Waals surface area contributed by atoms with Gasteiger partial charge in [-0.1, -0.05) is 322 Å². The van der Waals surface area contributed by atoms with Gasteiger partial charge in [-0.15, -0.1) is 0 Å². The van der Waals surface area contributed by atoms with Crippen molar-refractivity contribution in [3.05, 3.63) is 263 Å². The summed E-state index contributed by atoms with van der Waals surface area (Å²) in [5.41, 5.74) is 29.2. The SMILES string of the molecule is Cc1cc(-c2c(C)cccc2C)ccc1-c1c2ccc([Si](C)(C)C3CCCC3)cc2cc[n+]1C.Cc1cc(C)c(C)c(-c2c3ccc([Si](C)(C)C4CCCCC4)cc3cc[n+]2C)c1.Cc1ccc(C)c(-c2c3ccc([Si](C)(C)C4CCCCC4)cc3cc[n+]2C)c1.Cc1ccccc1-c1c2ccc([Si](C)(C)C3CCCCC3)cc2cc[n+]1C. The van der Waals surface area contributed by atoms with E-state index in [2.05, 4.69) is 374 Å². The molecule has 4 saturated carbocycles. The van der Waals surface area contributed by atoms with E-state index >= 15 is 0 Å². The summed E-state index contributed by atoms with van der Waals surface area (Å²) in [5, 5.41) is 17.5. The van der Waals surface area contributed by atoms with Gasteiger partial charge in [0.25, 0.3) is 0 Å². The maximum Gasteiger partial charge on any atom is 0.220 e. The van der Waals surface area contributed by atoms with Crippen LogP contribution in [0.15, 0.2) is 213 Å². The quantitative estimate of drug-likeness (QED) is 0.0808. The van der Waals surface area contributed by atoms with Gasteiger partial charge in [0.1, 0.15) is 28.2 Å². The van der Waals surface area contributed by atoms with Gasteiger partial charge >= 0.3 is 0 Å². The number of benzene rings is 9. The first-order chi connectivity index (χ1) is 56.4. The Morgan fingerprint density at radius 3 is 0.941 bits per heavy atom. The lowest BCUT2D eigenvalue weighted by Crippen LogP contribution is -2.46. The fourth-order valence-corrected chi connectivity index (χ4v) is 35.4. The molecule has 4 heterocycles. The molecule has 4 aliphatic rings. The van der Waals surface area contributed by atoms with Crippen LogP contribution in [0.4, 0.5) is 0 Å². The van der Waals surface area contributed by atoms with Gasteiger partial charge < -0.3 is 0 Å². The lowest BCUT2D eigenvalue weighted by molar-refractivity contribution is -0.659. The Balaban J connectivity index is 0.000000130. The topological polar surface area (TPSA) is 15.5 Å². The molecule has 612 valence electrons. The van der Waals surface area contributed by atoms with Crippen molar-refractivity contribution in [2.45, 2.75) is 259 Å². The molecule has 4 fully saturated rings. The molecule has 0 radical (unpaired) electrons. The van der Waals surface area contributed by atoms with E-state index in [-0.39, 0.29) is 0 Å². The highest BCUT2D eigenvalue weighted by Gasteiger charge is 2.40. The number of rotatable bonds is 13. The summed E-state index contributed by atoms with van der Waals surface area (Å²) in [4.78, 5) is 0. The number of aromatic nitrogens is 4. The molecule has 0 atom stereocenters. The highest BCUT2D eigenvalue weighted by molar-refractivity contribution is 6.92. The van der Waals surface area contributed by atoms with Crippen molar-refractivity contribution in [2.24, 2.45) is 28.2 Å². The molecule has 0 spiro atoms. The Labute approximate surface area is 715 Å². The molecule has 4 aromatic heterocycles. The minimum absolute atomic E-state index is 0.934. The molecule has 0 bridgehead atoms. The monoisotopic (exact) mass is 1630 g/mol. The third-order valence-electron chi connectivity index (χ3n) is 30.1. The highest BCUT2D eigenvalue weighted by atomic mass is 28.3. The van der Waals surface area contributed by atoms with Crippen LogP contribution in [0.3, 0.4) is 0 Å². The second-order valence-corrected chi connectivity index (χ2v) is 58.7. The van der Waals surface area contributed by atoms with Gasteiger partial charge in [0.15, 0.2) is 24.8 Å². The van der Waals surface area contributed by atoms with Crippen LogP contribution in [0.2, 0.25) is 74.5 Å². The molecule has 118 heavy (non-hydrogen) atoms. The third kappa shape index (κ3) is 17.8. The van der Waals surface area contributed by atoms with Gasteiger partial charge in [0.05, 0.1) is 59.4 Å². The molecule has 4 aliphatic carbocycles. The lowest BCUT2D eigenvalue weighted by Gasteiger charge is -2.36. The maximum absolute atomic E-state index is 2.60. The Kier molecular flexibility index (Phi) is 26.2. The molecular weight excluding hydrogens is 1490 g/mol. The summed E-state index contributed by atoms with van der Waals surface area (Å²) in [7, 11) is 2.95. The number of pyridine rings is 4. The molecule has 0 saturated heterocycles. The van der Waals surface area contributed by atoms with Crippen LogP contribution >= 0.6 is 0 Å². The first-order valence-corrected chi connectivity index (χ1v) is 57.8. The van der Waals surface area contributed by atoms with Crippen LogP contribution < -0.4 is 39.0 Å². The van der Waals surface area contributed by atoms with Gasteiger partial charge in [0, 0.05) is 41.0 Å². The molecule has 0 amide bonds. The summed E-state index contributed by atoms with van der Waals surface area (Å²) >= 11 is 0. The number of nitrogens with zero attached hydrogens (tertiary/aromatic N) is 4. The van der Waals surface area contributed by atoms with Crippen molar-refractivity contribution in [2.75, 3.05) is 0 Å². The van der Waals surface area contributed by atoms with Crippen molar-refractivity contribution in [3.63, 3.8) is 0 Å². The molecule has 8 heteroatoms. The smallest absolute Gasteiger partial charge is 0.200 e. The second kappa shape index (κ2) is 36.0. The van der Waals surface area contributed by atoms with Gasteiger partial charge in [-0.2, -0.15) is 0 Å². The zero-order valence-corrected chi connectivity index (χ0v) is 80.2. The molecule has 9 aromatic carbocycles. The highest BCUT2D eigenvalue weighted by Crippen LogP contribution is 2.44. The van der Waals surface area contributed by atoms with E-state index in [9.17, 15) is 0 Å². The molecule has 0 aliphatic heterocycles. The Morgan fingerprint density at radius 1 is 0.246 bits per heavy atom. The largest absolute Gasteiger partial charge is 0.220 e. The zero-order valence-electron chi connectivity index (χ0n) is 76.2. The predicted molar refractivity (Wildman–Crippen MR) is 521 cm³/mol. The van der Waals surface area contributed by atoms with E-state index in [1.54, 1.807) is 20.7 Å². The minimum atomic E-state index is -1.45. The number of hydrogen-bond acceptors (Lipinski definition) is 0. The molecule has 13 aromatic rings. The van der Waals surface area contributed by atoms with Crippen LogP contribution in [0.25, 0.3) is 99.2 Å². The van der Waals surface area contributed by atoms with Gasteiger partial charge in [-0.3, -0.25) is 0 Å². The van der Waals surface area contributed by atoms with Crippen LogP contribution in [0.1, 0.15) is 172 Å². The molecule has 0 N–H and O–H groups in total. The summed E-state index contributed by atoms with van der Waals surface area (Å²) in [6, 6.07) is 72.5. The third-order valence-corrected chi connectivity index (χ3v) is 47.8. The number of fused-ring (bicyclic) bond motifs is 4. The maximum atomic E-state index is 2.60. The molecular formula is C110H140N4Si4+4. The van der Waals surface area contributed by atoms with Crippen LogP contribution in [-0.2, 0) is 28.2 Å². The Morgan fingerprint density at radius 2 is 0.568 bits per heavy atom. The second-order valence-electron chi connectivity index (χ2n) is 39.4. The summed E-state index contributed by atoms with van der Waals surface area (Å²) in [5.74, 6) is 0. The first-order valence-electron chi connectivity index (χ1n) is 45.5. The number of hydrogen-bond donors (Lipinski definition) is 0. The van der Waals surface area contributed by atoms with Gasteiger partial charge in [-0.25, -0.2) is 18.3 Å². The van der Waals surface area contributed by atoms with E-state index in [1.165, 1.54) is 271 Å². The minimum Gasteiger partial charge on any atom is -0.200 e. The fourth-order valence-electron chi connectivity index (χ4n) is 22.0. The van der Waals surface area contributed by atoms with Crippen LogP contribution in [0, 0.1) is 62.3 Å². The average molecular weight is 1630 g/mol. The molecule has 17 rings (SSSR count). The zero-order chi connectivity index (χ0) is 83.7. The van der Waals surface area contributed by atoms with Crippen molar-refractivity contribution >= 4 is 96.1 Å². The summed E-state index contributed by atoms with van der Waals surface area (Å²) in [6.45, 7) is 40.7. The van der Waals surface area contributed by atoms with Crippen LogP contribution in [0.5, 0.6) is 0 Å². The van der Waals surface area contributed by atoms with E-state index in [0.717, 1.165) is 22.2 Å². The first kappa shape index (κ1) is 85.9. The van der Waals surface area contributed by atoms with E-state index in [1.807, 2.05) is 0 Å². The fraction of sp³-hybridized carbons (Fsp3) is 0.400. The van der Waals surface area contributed by atoms with E-state index in [0.29, 0.717) is 0 Å². The van der Waals surface area contributed by atoms with Crippen LogP contribution in [-0.4, -0.2) is 32.3 Å². The van der Waals surface area contributed by atoms with E-state index in [4.69, 9.17) is 0 Å². The van der Waals surface area contributed by atoms with Crippen molar-refractivity contribution in [1.82, 2.24) is 0 Å².